The number of carbonyl (C=O) groups is 4. The predicted octanol–water partition coefficient (Wildman–Crippen LogP) is -2.99. The first-order valence-electron chi connectivity index (χ1n) is 9.35. The molecule has 0 aromatic carbocycles. The van der Waals surface area contributed by atoms with E-state index < -0.39 is 61.6 Å². The molecular weight excluding hydrogens is 398 g/mol. The molecule has 2 aliphatic heterocycles. The van der Waals surface area contributed by atoms with E-state index in [0.29, 0.717) is 0 Å². The highest BCUT2D eigenvalue weighted by Gasteiger charge is 2.65. The second kappa shape index (κ2) is 8.92. The number of nitrogens with zero attached hydrogens (tertiary/aromatic N) is 3. The molecule has 2 rings (SSSR count). The Morgan fingerprint density at radius 3 is 1.57 bits per heavy atom. The van der Waals surface area contributed by atoms with Gasteiger partial charge in [-0.25, -0.2) is 0 Å². The molecule has 0 aromatic rings. The normalized spacial score (nSPS) is 28.3. The van der Waals surface area contributed by atoms with Crippen LogP contribution in [-0.2, 0) is 37.8 Å². The van der Waals surface area contributed by atoms with Gasteiger partial charge in [0.1, 0.15) is 0 Å². The minimum atomic E-state index is -1.67. The maximum atomic E-state index is 12.6. The van der Waals surface area contributed by atoms with Crippen LogP contribution < -0.4 is 5.32 Å². The Morgan fingerprint density at radius 1 is 0.767 bits per heavy atom. The van der Waals surface area contributed by atoms with Gasteiger partial charge < -0.3 is 38.6 Å². The van der Waals surface area contributed by atoms with Crippen molar-refractivity contribution in [2.45, 2.75) is 30.8 Å². The highest BCUT2D eigenvalue weighted by atomic mass is 16.7. The highest BCUT2D eigenvalue weighted by Crippen LogP contribution is 2.33. The first kappa shape index (κ1) is 24.1. The third-order valence-electron chi connectivity index (χ3n) is 4.90. The van der Waals surface area contributed by atoms with Gasteiger partial charge in [0.2, 0.25) is 0 Å². The zero-order chi connectivity index (χ0) is 23.0. The fraction of sp³-hybridized carbons (Fsp3) is 0.750. The molecule has 14 heteroatoms. The number of likely N-dealkylation sites (N-methyl/N-ethyl adjacent to an activating group) is 4. The van der Waals surface area contributed by atoms with Crippen molar-refractivity contribution in [2.24, 2.45) is 0 Å². The summed E-state index contributed by atoms with van der Waals surface area (Å²) in [6.45, 7) is 1.41. The van der Waals surface area contributed by atoms with Crippen LogP contribution in [0.15, 0.2) is 0 Å². The van der Waals surface area contributed by atoms with Gasteiger partial charge in [-0.3, -0.25) is 19.2 Å². The summed E-state index contributed by atoms with van der Waals surface area (Å²) in [4.78, 5) is 53.9. The number of amides is 4. The Balaban J connectivity index is 2.32. The minimum Gasteiger partial charge on any atom is -0.399 e. The lowest BCUT2D eigenvalue weighted by Crippen LogP contribution is -2.55. The zero-order valence-corrected chi connectivity index (χ0v) is 18.5. The van der Waals surface area contributed by atoms with Crippen molar-refractivity contribution in [3.8, 4) is 0 Å². The molecule has 4 unspecified atom stereocenters. The van der Waals surface area contributed by atoms with Crippen LogP contribution in [0.2, 0.25) is 0 Å². The van der Waals surface area contributed by atoms with E-state index in [2.05, 4.69) is 5.32 Å². The van der Waals surface area contributed by atoms with Crippen LogP contribution >= 0.6 is 0 Å². The van der Waals surface area contributed by atoms with E-state index in [-0.39, 0.29) is 0 Å². The lowest BCUT2D eigenvalue weighted by atomic mass is 9.49. The number of hydrogen-bond donors (Lipinski definition) is 1. The molecular formula is C16H28B2N4O8. The summed E-state index contributed by atoms with van der Waals surface area (Å²) >= 11 is 0. The number of hydrogen-bond acceptors (Lipinski definition) is 8. The molecule has 166 valence electrons. The van der Waals surface area contributed by atoms with Crippen LogP contribution in [0.5, 0.6) is 0 Å². The first-order valence-corrected chi connectivity index (χ1v) is 9.35. The van der Waals surface area contributed by atoms with Crippen LogP contribution in [0.3, 0.4) is 0 Å². The van der Waals surface area contributed by atoms with E-state index in [0.717, 1.165) is 0 Å². The van der Waals surface area contributed by atoms with Gasteiger partial charge in [0.15, 0.2) is 23.9 Å². The molecule has 12 nitrogen and oxygen atoms in total. The van der Waals surface area contributed by atoms with Gasteiger partial charge in [0.25, 0.3) is 23.6 Å². The topological polar surface area (TPSA) is 127 Å². The van der Waals surface area contributed by atoms with Gasteiger partial charge in [-0.2, -0.15) is 0 Å². The summed E-state index contributed by atoms with van der Waals surface area (Å²) in [6, 6.07) is 0. The number of carbonyl (C=O) groups excluding carboxylic acids is 4. The standard InChI is InChI=1S/C16H28B2N4O8/c1-16(15(26)19-2)11(14(25)22(7)8)29-18(30-16)17-27-9(12(23)20(3)4)10(28-17)13(24)21(5)6/h9-11H,1-8H3,(H,19,26). The van der Waals surface area contributed by atoms with E-state index >= 15 is 0 Å². The molecule has 0 spiro atoms. The molecule has 2 fully saturated rings. The lowest BCUT2D eigenvalue weighted by molar-refractivity contribution is -0.149. The number of rotatable bonds is 5. The average Bonchev–Trinajstić information content (AvgIpc) is 3.27. The van der Waals surface area contributed by atoms with Crippen molar-refractivity contribution in [3.63, 3.8) is 0 Å². The maximum Gasteiger partial charge on any atom is 0.489 e. The molecule has 30 heavy (non-hydrogen) atoms. The average molecular weight is 426 g/mol. The van der Waals surface area contributed by atoms with E-state index in [4.69, 9.17) is 18.6 Å². The summed E-state index contributed by atoms with van der Waals surface area (Å²) in [5.74, 6) is -2.04. The van der Waals surface area contributed by atoms with E-state index in [1.54, 1.807) is 0 Å². The first-order chi connectivity index (χ1) is 13.8. The van der Waals surface area contributed by atoms with Crippen LogP contribution in [0.4, 0.5) is 0 Å². The van der Waals surface area contributed by atoms with Gasteiger partial charge in [0, 0.05) is 49.3 Å². The largest absolute Gasteiger partial charge is 0.489 e. The molecule has 0 radical (unpaired) electrons. The third kappa shape index (κ3) is 4.31. The SMILES string of the molecule is CNC(=O)C1(C)OB(B2OC(C(=O)N(C)C)C(C(=O)N(C)C)O2)OC1C(=O)N(C)C. The predicted molar refractivity (Wildman–Crippen MR) is 106 cm³/mol. The molecule has 1 N–H and O–H groups in total. The zero-order valence-electron chi connectivity index (χ0n) is 18.5. The molecule has 4 atom stereocenters. The van der Waals surface area contributed by atoms with Crippen molar-refractivity contribution in [2.75, 3.05) is 49.3 Å². The Labute approximate surface area is 176 Å². The van der Waals surface area contributed by atoms with E-state index in [1.165, 1.54) is 71.0 Å². The Bertz CT molecular complexity index is 693. The second-order valence-corrected chi connectivity index (χ2v) is 7.87. The maximum absolute atomic E-state index is 12.6. The lowest BCUT2D eigenvalue weighted by Gasteiger charge is -2.28. The van der Waals surface area contributed by atoms with Crippen molar-refractivity contribution >= 4 is 37.6 Å². The van der Waals surface area contributed by atoms with Crippen LogP contribution in [0, 0.1) is 0 Å². The molecule has 0 aromatic heterocycles. The number of nitrogens with one attached hydrogen (secondary N) is 1. The Kier molecular flexibility index (Phi) is 7.17. The van der Waals surface area contributed by atoms with Crippen molar-refractivity contribution in [1.82, 2.24) is 20.0 Å². The summed E-state index contributed by atoms with van der Waals surface area (Å²) < 4.78 is 22.8. The molecule has 0 bridgehead atoms. The molecule has 0 saturated carbocycles. The second-order valence-electron chi connectivity index (χ2n) is 7.87. The van der Waals surface area contributed by atoms with Crippen molar-refractivity contribution in [1.29, 1.82) is 0 Å². The van der Waals surface area contributed by atoms with Crippen LogP contribution in [0.25, 0.3) is 0 Å². The molecule has 2 heterocycles. The molecule has 0 aliphatic carbocycles. The van der Waals surface area contributed by atoms with Crippen LogP contribution in [-0.4, -0.2) is 126 Å². The van der Waals surface area contributed by atoms with Gasteiger partial charge in [0.05, 0.1) is 0 Å². The third-order valence-corrected chi connectivity index (χ3v) is 4.90. The van der Waals surface area contributed by atoms with Gasteiger partial charge in [-0.1, -0.05) is 0 Å². The summed E-state index contributed by atoms with van der Waals surface area (Å²) in [5.41, 5.74) is -1.67. The van der Waals surface area contributed by atoms with Crippen LogP contribution in [0.1, 0.15) is 6.92 Å². The Morgan fingerprint density at radius 2 is 1.20 bits per heavy atom. The molecule has 4 amide bonds. The molecule has 2 saturated heterocycles. The Hall–Kier alpha value is -2.15. The fourth-order valence-electron chi connectivity index (χ4n) is 3.14. The van der Waals surface area contributed by atoms with Crippen molar-refractivity contribution < 1.29 is 37.8 Å². The van der Waals surface area contributed by atoms with Gasteiger partial charge >= 0.3 is 14.0 Å². The monoisotopic (exact) mass is 426 g/mol. The van der Waals surface area contributed by atoms with E-state index in [1.807, 2.05) is 0 Å². The fourth-order valence-corrected chi connectivity index (χ4v) is 3.14. The minimum absolute atomic E-state index is 0.481. The van der Waals surface area contributed by atoms with Gasteiger partial charge in [-0.15, -0.1) is 0 Å². The van der Waals surface area contributed by atoms with Crippen molar-refractivity contribution in [3.05, 3.63) is 0 Å². The van der Waals surface area contributed by atoms with Gasteiger partial charge in [-0.05, 0) is 6.92 Å². The smallest absolute Gasteiger partial charge is 0.399 e. The summed E-state index contributed by atoms with van der Waals surface area (Å²) in [7, 11) is 7.89. The molecule has 2 aliphatic rings. The van der Waals surface area contributed by atoms with E-state index in [9.17, 15) is 19.2 Å². The summed E-state index contributed by atoms with van der Waals surface area (Å²) in [6.07, 6.45) is -3.75. The highest BCUT2D eigenvalue weighted by molar-refractivity contribution is 7.11. The quantitative estimate of drug-likeness (QED) is 0.462. The summed E-state index contributed by atoms with van der Waals surface area (Å²) in [5, 5.41) is 2.45.